The highest BCUT2D eigenvalue weighted by atomic mass is 35.5. The molecule has 1 aromatic rings. The molecule has 1 aliphatic rings. The second-order valence-electron chi connectivity index (χ2n) is 6.73. The summed E-state index contributed by atoms with van der Waals surface area (Å²) in [5.74, 6) is 1.51. The molecule has 27 heavy (non-hydrogen) atoms. The van der Waals surface area contributed by atoms with Gasteiger partial charge in [-0.1, -0.05) is 43.1 Å². The Bertz CT molecular complexity index is 667. The molecule has 0 bridgehead atoms. The molecule has 2 rings (SSSR count). The minimum absolute atomic E-state index is 0.0288. The Morgan fingerprint density at radius 1 is 1.41 bits per heavy atom. The van der Waals surface area contributed by atoms with E-state index in [4.69, 9.17) is 27.9 Å². The Morgan fingerprint density at radius 2 is 2.19 bits per heavy atom. The minimum atomic E-state index is 0.0288. The summed E-state index contributed by atoms with van der Waals surface area (Å²) < 4.78 is 5.66. The quantitative estimate of drug-likeness (QED) is 0.408. The smallest absolute Gasteiger partial charge is 0.225 e. The largest absolute Gasteiger partial charge is 0.490 e. The van der Waals surface area contributed by atoms with E-state index < -0.39 is 0 Å². The molecule has 1 aliphatic heterocycles. The van der Waals surface area contributed by atoms with Crippen molar-refractivity contribution >= 4 is 35.1 Å². The molecule has 8 heteroatoms. The molecule has 150 valence electrons. The van der Waals surface area contributed by atoms with Gasteiger partial charge in [-0.25, -0.2) is 4.99 Å². The average molecular weight is 415 g/mol. The molecule has 1 amide bonds. The molecule has 1 heterocycles. The molecule has 0 aromatic heterocycles. The number of carbonyl (C=O) groups is 1. The lowest BCUT2D eigenvalue weighted by atomic mass is 10.2. The highest BCUT2D eigenvalue weighted by Gasteiger charge is 2.27. The monoisotopic (exact) mass is 414 g/mol. The van der Waals surface area contributed by atoms with Crippen LogP contribution in [-0.4, -0.2) is 55.6 Å². The summed E-state index contributed by atoms with van der Waals surface area (Å²) in [5.41, 5.74) is 0. The normalized spacial score (nSPS) is 17.3. The molecule has 1 fully saturated rings. The van der Waals surface area contributed by atoms with E-state index >= 15 is 0 Å². The van der Waals surface area contributed by atoms with Gasteiger partial charge in [0.1, 0.15) is 17.4 Å². The summed E-state index contributed by atoms with van der Waals surface area (Å²) in [6.07, 6.45) is 0.914. The van der Waals surface area contributed by atoms with Crippen LogP contribution in [0.2, 0.25) is 10.0 Å². The number of rotatable bonds is 7. The van der Waals surface area contributed by atoms with Crippen molar-refractivity contribution in [2.75, 3.05) is 32.8 Å². The lowest BCUT2D eigenvalue weighted by molar-refractivity contribution is -0.133. The first-order valence-electron chi connectivity index (χ1n) is 9.32. The van der Waals surface area contributed by atoms with Gasteiger partial charge in [0.15, 0.2) is 5.96 Å². The van der Waals surface area contributed by atoms with E-state index in [1.807, 2.05) is 25.7 Å². The van der Waals surface area contributed by atoms with Crippen LogP contribution in [-0.2, 0) is 4.79 Å². The van der Waals surface area contributed by atoms with Crippen molar-refractivity contribution in [2.24, 2.45) is 10.9 Å². The molecule has 1 saturated heterocycles. The zero-order chi connectivity index (χ0) is 19.8. The number of carbonyl (C=O) groups excluding carboxylic acids is 1. The molecular weight excluding hydrogens is 387 g/mol. The number of hydrogen-bond acceptors (Lipinski definition) is 3. The van der Waals surface area contributed by atoms with E-state index in [1.165, 1.54) is 0 Å². The van der Waals surface area contributed by atoms with E-state index in [2.05, 4.69) is 15.6 Å². The number of halogens is 2. The summed E-state index contributed by atoms with van der Waals surface area (Å²) in [5, 5.41) is 7.51. The molecule has 0 spiro atoms. The van der Waals surface area contributed by atoms with Gasteiger partial charge in [0.25, 0.3) is 0 Å². The fourth-order valence-corrected chi connectivity index (χ4v) is 3.21. The van der Waals surface area contributed by atoms with Crippen LogP contribution < -0.4 is 15.4 Å². The molecule has 0 radical (unpaired) electrons. The van der Waals surface area contributed by atoms with Gasteiger partial charge in [-0.15, -0.1) is 0 Å². The number of benzene rings is 1. The Balaban J connectivity index is 1.84. The van der Waals surface area contributed by atoms with Crippen molar-refractivity contribution in [1.29, 1.82) is 0 Å². The van der Waals surface area contributed by atoms with E-state index in [9.17, 15) is 4.79 Å². The Morgan fingerprint density at radius 3 is 2.89 bits per heavy atom. The van der Waals surface area contributed by atoms with Crippen molar-refractivity contribution < 1.29 is 9.53 Å². The molecule has 6 nitrogen and oxygen atoms in total. The zero-order valence-corrected chi connectivity index (χ0v) is 17.6. The van der Waals surface area contributed by atoms with E-state index in [-0.39, 0.29) is 17.9 Å². The third-order valence-corrected chi connectivity index (χ3v) is 5.02. The fourth-order valence-electron chi connectivity index (χ4n) is 2.87. The van der Waals surface area contributed by atoms with Crippen LogP contribution in [0.5, 0.6) is 5.75 Å². The predicted octanol–water partition coefficient (Wildman–Crippen LogP) is 3.18. The van der Waals surface area contributed by atoms with Gasteiger partial charge < -0.3 is 20.3 Å². The second kappa shape index (κ2) is 10.6. The number of hydrogen-bond donors (Lipinski definition) is 2. The highest BCUT2D eigenvalue weighted by molar-refractivity contribution is 6.42. The van der Waals surface area contributed by atoms with Crippen LogP contribution in [0.3, 0.4) is 0 Å². The van der Waals surface area contributed by atoms with E-state index in [1.54, 1.807) is 18.2 Å². The summed E-state index contributed by atoms with van der Waals surface area (Å²) in [4.78, 5) is 18.6. The molecular formula is C19H28Cl2N4O2. The van der Waals surface area contributed by atoms with Gasteiger partial charge >= 0.3 is 0 Å². The lowest BCUT2D eigenvalue weighted by Gasteiger charge is -2.20. The predicted molar refractivity (Wildman–Crippen MR) is 111 cm³/mol. The zero-order valence-electron chi connectivity index (χ0n) is 16.1. The number of aliphatic imine (C=N–C) groups is 1. The van der Waals surface area contributed by atoms with E-state index in [0.717, 1.165) is 25.5 Å². The highest BCUT2D eigenvalue weighted by Crippen LogP contribution is 2.31. The molecule has 1 atom stereocenters. The van der Waals surface area contributed by atoms with Gasteiger partial charge in [-0.05, 0) is 25.5 Å². The number of nitrogens with zero attached hydrogens (tertiary/aromatic N) is 2. The molecule has 0 aliphatic carbocycles. The first-order chi connectivity index (χ1) is 12.9. The summed E-state index contributed by atoms with van der Waals surface area (Å²) in [7, 11) is 0. The SMILES string of the molecule is CCNC(=NCCOc1cccc(Cl)c1Cl)NC1CCN(C(=O)C(C)C)C1. The fraction of sp³-hybridized carbons (Fsp3) is 0.579. The second-order valence-corrected chi connectivity index (χ2v) is 7.52. The first kappa shape index (κ1) is 21.6. The average Bonchev–Trinajstić information content (AvgIpc) is 3.09. The minimum Gasteiger partial charge on any atom is -0.490 e. The van der Waals surface area contributed by atoms with Crippen molar-refractivity contribution in [3.05, 3.63) is 28.2 Å². The third-order valence-electron chi connectivity index (χ3n) is 4.21. The number of nitrogens with one attached hydrogen (secondary N) is 2. The maximum atomic E-state index is 12.1. The summed E-state index contributed by atoms with van der Waals surface area (Å²) in [6.45, 7) is 8.98. The van der Waals surface area contributed by atoms with Crippen molar-refractivity contribution in [2.45, 2.75) is 33.2 Å². The number of likely N-dealkylation sites (tertiary alicyclic amines) is 1. The Kier molecular flexibility index (Phi) is 8.51. The van der Waals surface area contributed by atoms with Crippen LogP contribution in [0, 0.1) is 5.92 Å². The molecule has 0 saturated carbocycles. The van der Waals surface area contributed by atoms with Crippen LogP contribution in [0.4, 0.5) is 0 Å². The number of ether oxygens (including phenoxy) is 1. The number of guanidine groups is 1. The van der Waals surface area contributed by atoms with Crippen LogP contribution in [0.1, 0.15) is 27.2 Å². The van der Waals surface area contributed by atoms with Gasteiger partial charge in [0.2, 0.25) is 5.91 Å². The first-order valence-corrected chi connectivity index (χ1v) is 10.1. The standard InChI is InChI=1S/C19H28Cl2N4O2/c1-4-22-19(24-14-8-10-25(12-14)18(26)13(2)3)23-9-11-27-16-7-5-6-15(20)17(16)21/h5-7,13-14H,4,8-12H2,1-3H3,(H2,22,23,24). The van der Waals surface area contributed by atoms with Gasteiger partial charge in [0, 0.05) is 31.6 Å². The van der Waals surface area contributed by atoms with Gasteiger partial charge in [-0.3, -0.25) is 4.79 Å². The van der Waals surface area contributed by atoms with Gasteiger partial charge in [-0.2, -0.15) is 0 Å². The summed E-state index contributed by atoms with van der Waals surface area (Å²) in [6, 6.07) is 5.49. The Hall–Kier alpha value is -1.66. The van der Waals surface area contributed by atoms with E-state index in [0.29, 0.717) is 35.5 Å². The van der Waals surface area contributed by atoms with Crippen molar-refractivity contribution in [1.82, 2.24) is 15.5 Å². The van der Waals surface area contributed by atoms with Crippen molar-refractivity contribution in [3.8, 4) is 5.75 Å². The number of amides is 1. The maximum Gasteiger partial charge on any atom is 0.225 e. The van der Waals surface area contributed by atoms with Crippen LogP contribution >= 0.6 is 23.2 Å². The van der Waals surface area contributed by atoms with Crippen molar-refractivity contribution in [3.63, 3.8) is 0 Å². The lowest BCUT2D eigenvalue weighted by Crippen LogP contribution is -2.45. The van der Waals surface area contributed by atoms with Gasteiger partial charge in [0.05, 0.1) is 11.6 Å². The third kappa shape index (κ3) is 6.47. The maximum absolute atomic E-state index is 12.1. The van der Waals surface area contributed by atoms with Crippen LogP contribution in [0.25, 0.3) is 0 Å². The Labute approximate surface area is 171 Å². The molecule has 1 aromatic carbocycles. The summed E-state index contributed by atoms with van der Waals surface area (Å²) >= 11 is 12.1. The molecule has 2 N–H and O–H groups in total. The molecule has 1 unspecified atom stereocenters. The topological polar surface area (TPSA) is 66.0 Å². The van der Waals surface area contributed by atoms with Crippen LogP contribution in [0.15, 0.2) is 23.2 Å².